The molecule has 8 heteroatoms. The lowest BCUT2D eigenvalue weighted by Crippen LogP contribution is -2.56. The molecule has 0 radical (unpaired) electrons. The lowest BCUT2D eigenvalue weighted by Gasteiger charge is -2.40. The van der Waals surface area contributed by atoms with Gasteiger partial charge in [0.1, 0.15) is 11.3 Å². The maximum atomic E-state index is 13.6. The second-order valence-electron chi connectivity index (χ2n) is 6.47. The van der Waals surface area contributed by atoms with Crippen LogP contribution in [0, 0.1) is 5.82 Å². The Morgan fingerprint density at radius 1 is 1.27 bits per heavy atom. The summed E-state index contributed by atoms with van der Waals surface area (Å²) in [5, 5.41) is -0.973. The summed E-state index contributed by atoms with van der Waals surface area (Å²) in [5.41, 5.74) is 8.45. The van der Waals surface area contributed by atoms with Gasteiger partial charge in [-0.25, -0.2) is 12.8 Å². The monoisotopic (exact) mass is 374 g/mol. The van der Waals surface area contributed by atoms with Gasteiger partial charge in [0.05, 0.1) is 16.1 Å². The van der Waals surface area contributed by atoms with E-state index in [-0.39, 0.29) is 4.90 Å². The predicted molar refractivity (Wildman–Crippen MR) is 98.0 cm³/mol. The van der Waals surface area contributed by atoms with E-state index in [1.54, 1.807) is 17.3 Å². The quantitative estimate of drug-likeness (QED) is 0.735. The van der Waals surface area contributed by atoms with Gasteiger partial charge in [0.15, 0.2) is 5.37 Å². The number of hydrogen-bond acceptors (Lipinski definition) is 5. The summed E-state index contributed by atoms with van der Waals surface area (Å²) in [5.74, 6) is -0.587. The van der Waals surface area contributed by atoms with Gasteiger partial charge >= 0.3 is 0 Å². The van der Waals surface area contributed by atoms with Gasteiger partial charge in [-0.15, -0.1) is 0 Å². The van der Waals surface area contributed by atoms with E-state index in [1.165, 1.54) is 18.2 Å². The number of benzene rings is 1. The third-order valence-corrected chi connectivity index (χ3v) is 6.93. The van der Waals surface area contributed by atoms with Crippen LogP contribution in [0.25, 0.3) is 11.0 Å². The van der Waals surface area contributed by atoms with Gasteiger partial charge in [-0.3, -0.25) is 4.98 Å². The Bertz CT molecular complexity index is 1050. The van der Waals surface area contributed by atoms with Gasteiger partial charge < -0.3 is 15.6 Å². The van der Waals surface area contributed by atoms with Crippen molar-refractivity contribution in [1.82, 2.24) is 9.97 Å². The summed E-state index contributed by atoms with van der Waals surface area (Å²) in [6.45, 7) is 0.538. The lowest BCUT2D eigenvalue weighted by molar-refractivity contribution is 0.455. The maximum absolute atomic E-state index is 13.6. The van der Waals surface area contributed by atoms with Gasteiger partial charge in [0, 0.05) is 25.0 Å². The van der Waals surface area contributed by atoms with Crippen molar-refractivity contribution in [3.8, 4) is 0 Å². The highest BCUT2D eigenvalue weighted by Gasteiger charge is 2.41. The molecule has 26 heavy (non-hydrogen) atoms. The van der Waals surface area contributed by atoms with Crippen molar-refractivity contribution in [3.05, 3.63) is 54.6 Å². The molecule has 3 N–H and O–H groups in total. The zero-order valence-corrected chi connectivity index (χ0v) is 14.8. The molecule has 2 atom stereocenters. The first-order valence-electron chi connectivity index (χ1n) is 8.42. The summed E-state index contributed by atoms with van der Waals surface area (Å²) in [6.07, 6.45) is 4.78. The zero-order valence-electron chi connectivity index (χ0n) is 14.0. The molecule has 1 saturated heterocycles. The van der Waals surface area contributed by atoms with E-state index in [4.69, 9.17) is 5.73 Å². The minimum Gasteiger partial charge on any atom is -0.358 e. The van der Waals surface area contributed by atoms with Crippen LogP contribution in [0.15, 0.2) is 53.7 Å². The first-order valence-corrected chi connectivity index (χ1v) is 9.97. The minimum atomic E-state index is -3.86. The fourth-order valence-electron chi connectivity index (χ4n) is 3.60. The van der Waals surface area contributed by atoms with Gasteiger partial charge in [-0.1, -0.05) is 6.07 Å². The van der Waals surface area contributed by atoms with E-state index >= 15 is 0 Å². The Hall–Kier alpha value is -2.45. The van der Waals surface area contributed by atoms with Gasteiger partial charge in [0.25, 0.3) is 0 Å². The Kier molecular flexibility index (Phi) is 4.16. The number of hydrogen-bond donors (Lipinski definition) is 2. The first kappa shape index (κ1) is 17.0. The topological polar surface area (TPSA) is 92.1 Å². The highest BCUT2D eigenvalue weighted by atomic mass is 32.2. The average molecular weight is 374 g/mol. The van der Waals surface area contributed by atoms with Crippen LogP contribution in [0.2, 0.25) is 0 Å². The van der Waals surface area contributed by atoms with Crippen LogP contribution in [0.5, 0.6) is 0 Å². The molecule has 0 amide bonds. The van der Waals surface area contributed by atoms with Crippen LogP contribution in [0.4, 0.5) is 10.1 Å². The molecule has 4 rings (SSSR count). The summed E-state index contributed by atoms with van der Waals surface area (Å²) < 4.78 is 40.2. The number of nitrogens with one attached hydrogen (secondary N) is 1. The minimum absolute atomic E-state index is 0.0577. The van der Waals surface area contributed by atoms with Crippen molar-refractivity contribution < 1.29 is 12.8 Å². The molecule has 3 aromatic rings. The van der Waals surface area contributed by atoms with Crippen LogP contribution < -0.4 is 10.6 Å². The van der Waals surface area contributed by atoms with Crippen molar-refractivity contribution in [3.63, 3.8) is 0 Å². The van der Waals surface area contributed by atoms with Crippen molar-refractivity contribution in [2.75, 3.05) is 11.4 Å². The van der Waals surface area contributed by atoms with Crippen molar-refractivity contribution in [1.29, 1.82) is 0 Å². The molecule has 2 unspecified atom stereocenters. The summed E-state index contributed by atoms with van der Waals surface area (Å²) in [7, 11) is -3.86. The molecule has 2 aromatic heterocycles. The number of aromatic nitrogens is 2. The van der Waals surface area contributed by atoms with Gasteiger partial charge in [-0.05, 0) is 43.2 Å². The van der Waals surface area contributed by atoms with Crippen LogP contribution in [0.1, 0.15) is 12.8 Å². The molecule has 0 spiro atoms. The number of piperidine rings is 1. The maximum Gasteiger partial charge on any atom is 0.201 e. The molecule has 0 saturated carbocycles. The Balaban J connectivity index is 1.83. The molecular weight excluding hydrogens is 355 g/mol. The van der Waals surface area contributed by atoms with Crippen LogP contribution in [-0.4, -0.2) is 36.3 Å². The predicted octanol–water partition coefficient (Wildman–Crippen LogP) is 2.43. The van der Waals surface area contributed by atoms with E-state index in [2.05, 4.69) is 9.97 Å². The van der Waals surface area contributed by atoms with E-state index in [0.29, 0.717) is 24.2 Å². The molecule has 1 fully saturated rings. The van der Waals surface area contributed by atoms with E-state index in [0.717, 1.165) is 18.0 Å². The molecule has 1 aliphatic rings. The number of aromatic amines is 1. The lowest BCUT2D eigenvalue weighted by atomic mass is 10.1. The SMILES string of the molecule is NC1CCCN(c2c[nH]c3cccnc23)C1S(=O)(=O)c1cccc(F)c1. The molecule has 0 bridgehead atoms. The highest BCUT2D eigenvalue weighted by molar-refractivity contribution is 7.92. The third kappa shape index (κ3) is 2.75. The number of fused-ring (bicyclic) bond motifs is 1. The molecule has 6 nitrogen and oxygen atoms in total. The number of nitrogens with zero attached hydrogens (tertiary/aromatic N) is 2. The van der Waals surface area contributed by atoms with Crippen LogP contribution in [0.3, 0.4) is 0 Å². The largest absolute Gasteiger partial charge is 0.358 e. The van der Waals surface area contributed by atoms with E-state index in [9.17, 15) is 12.8 Å². The second-order valence-corrected chi connectivity index (χ2v) is 8.51. The molecule has 1 aromatic carbocycles. The average Bonchev–Trinajstić information content (AvgIpc) is 3.05. The number of rotatable bonds is 3. The Labute approximate surface area is 150 Å². The van der Waals surface area contributed by atoms with Gasteiger partial charge in [-0.2, -0.15) is 0 Å². The standard InChI is InChI=1S/C18H19FN4O2S/c19-12-4-1-5-13(10-12)26(24,25)18-14(20)6-3-9-23(18)16-11-22-15-7-2-8-21-17(15)16/h1-2,4-5,7-8,10-11,14,18,22H,3,6,9,20H2. The molecule has 1 aliphatic heterocycles. The highest BCUT2D eigenvalue weighted by Crippen LogP contribution is 2.34. The first-order chi connectivity index (χ1) is 12.5. The van der Waals surface area contributed by atoms with Crippen molar-refractivity contribution in [2.45, 2.75) is 29.2 Å². The number of H-pyrrole nitrogens is 1. The molecule has 0 aliphatic carbocycles. The molecule has 136 valence electrons. The number of pyridine rings is 1. The number of nitrogens with two attached hydrogens (primary N) is 1. The normalized spacial score (nSPS) is 21.2. The van der Waals surface area contributed by atoms with Crippen molar-refractivity contribution >= 4 is 26.6 Å². The zero-order chi connectivity index (χ0) is 18.3. The Morgan fingerprint density at radius 2 is 2.12 bits per heavy atom. The van der Waals surface area contributed by atoms with E-state index in [1.807, 2.05) is 12.1 Å². The molecule has 3 heterocycles. The van der Waals surface area contributed by atoms with E-state index < -0.39 is 27.1 Å². The van der Waals surface area contributed by atoms with Crippen LogP contribution in [-0.2, 0) is 9.84 Å². The smallest absolute Gasteiger partial charge is 0.201 e. The fourth-order valence-corrected chi connectivity index (χ4v) is 5.57. The summed E-state index contributed by atoms with van der Waals surface area (Å²) in [6, 6.07) is 8.19. The third-order valence-electron chi connectivity index (χ3n) is 4.78. The summed E-state index contributed by atoms with van der Waals surface area (Å²) >= 11 is 0. The summed E-state index contributed by atoms with van der Waals surface area (Å²) in [4.78, 5) is 9.22. The van der Waals surface area contributed by atoms with Crippen LogP contribution >= 0.6 is 0 Å². The number of halogens is 1. The molecular formula is C18H19FN4O2S. The number of sulfone groups is 1. The second kappa shape index (κ2) is 6.37. The fraction of sp³-hybridized carbons (Fsp3) is 0.278. The Morgan fingerprint density at radius 3 is 2.92 bits per heavy atom. The number of anilines is 1. The van der Waals surface area contributed by atoms with Crippen molar-refractivity contribution in [2.24, 2.45) is 5.73 Å². The van der Waals surface area contributed by atoms with Gasteiger partial charge in [0.2, 0.25) is 9.84 Å².